The number of nitrogens with one attached hydrogen (secondary N) is 2. The zero-order valence-electron chi connectivity index (χ0n) is 11.9. The molecule has 0 fully saturated rings. The van der Waals surface area contributed by atoms with Gasteiger partial charge in [-0.1, -0.05) is 24.3 Å². The number of aromatic nitrogens is 3. The lowest BCUT2D eigenvalue weighted by Crippen LogP contribution is -2.08. The fraction of sp³-hybridized carbons (Fsp3) is 0.188. The number of benzene rings is 1. The maximum Gasteiger partial charge on any atom is 0.146 e. The van der Waals surface area contributed by atoms with Crippen LogP contribution in [0.15, 0.2) is 48.9 Å². The third-order valence-electron chi connectivity index (χ3n) is 3.31. The molecule has 2 heterocycles. The molecule has 21 heavy (non-hydrogen) atoms. The van der Waals surface area contributed by atoms with Gasteiger partial charge >= 0.3 is 0 Å². The van der Waals surface area contributed by atoms with Gasteiger partial charge in [0.1, 0.15) is 11.6 Å². The number of hydrogen-bond acceptors (Lipinski definition) is 5. The highest BCUT2D eigenvalue weighted by Crippen LogP contribution is 2.16. The molecule has 0 saturated heterocycles. The molecule has 0 unspecified atom stereocenters. The van der Waals surface area contributed by atoms with E-state index in [0.717, 1.165) is 30.1 Å². The van der Waals surface area contributed by atoms with Crippen LogP contribution in [0.1, 0.15) is 5.56 Å². The molecule has 0 atom stereocenters. The lowest BCUT2D eigenvalue weighted by Gasteiger charge is -2.08. The van der Waals surface area contributed by atoms with Crippen molar-refractivity contribution < 1.29 is 0 Å². The molecule has 0 radical (unpaired) electrons. The summed E-state index contributed by atoms with van der Waals surface area (Å²) in [5, 5.41) is 7.44. The molecule has 0 amide bonds. The van der Waals surface area contributed by atoms with Crippen molar-refractivity contribution in [3.63, 3.8) is 0 Å². The van der Waals surface area contributed by atoms with Crippen molar-refractivity contribution in [1.29, 1.82) is 0 Å². The first-order chi connectivity index (χ1) is 10.4. The van der Waals surface area contributed by atoms with Crippen LogP contribution >= 0.6 is 0 Å². The highest BCUT2D eigenvalue weighted by molar-refractivity contribution is 5.81. The van der Waals surface area contributed by atoms with E-state index in [-0.39, 0.29) is 0 Å². The van der Waals surface area contributed by atoms with Crippen LogP contribution in [0.5, 0.6) is 0 Å². The second-order valence-corrected chi connectivity index (χ2v) is 4.71. The molecular weight excluding hydrogens is 262 g/mol. The Morgan fingerprint density at radius 2 is 1.90 bits per heavy atom. The zero-order valence-corrected chi connectivity index (χ0v) is 11.9. The lowest BCUT2D eigenvalue weighted by molar-refractivity contribution is 1.00. The van der Waals surface area contributed by atoms with Gasteiger partial charge in [-0.3, -0.25) is 9.97 Å². The smallest absolute Gasteiger partial charge is 0.146 e. The molecule has 5 nitrogen and oxygen atoms in total. The number of pyridine rings is 1. The van der Waals surface area contributed by atoms with E-state index < -0.39 is 0 Å². The highest BCUT2D eigenvalue weighted by Gasteiger charge is 2.02. The van der Waals surface area contributed by atoms with Crippen LogP contribution in [-0.4, -0.2) is 28.5 Å². The quantitative estimate of drug-likeness (QED) is 0.752. The van der Waals surface area contributed by atoms with Crippen LogP contribution in [-0.2, 0) is 6.42 Å². The number of rotatable bonds is 5. The summed E-state index contributed by atoms with van der Waals surface area (Å²) in [6, 6.07) is 10.3. The first-order valence-electron chi connectivity index (χ1n) is 6.93. The molecule has 3 aromatic rings. The Bertz CT molecular complexity index is 736. The van der Waals surface area contributed by atoms with Crippen LogP contribution in [0, 0.1) is 0 Å². The van der Waals surface area contributed by atoms with Gasteiger partial charge in [0, 0.05) is 25.2 Å². The third kappa shape index (κ3) is 3.08. The molecule has 3 rings (SSSR count). The third-order valence-corrected chi connectivity index (χ3v) is 3.31. The van der Waals surface area contributed by atoms with Crippen molar-refractivity contribution >= 4 is 22.5 Å². The molecule has 0 saturated carbocycles. The summed E-state index contributed by atoms with van der Waals surface area (Å²) in [6.45, 7) is 0.789. The van der Waals surface area contributed by atoms with Gasteiger partial charge in [0.25, 0.3) is 0 Å². The fourth-order valence-corrected chi connectivity index (χ4v) is 2.27. The highest BCUT2D eigenvalue weighted by atomic mass is 15.1. The van der Waals surface area contributed by atoms with E-state index in [1.807, 2.05) is 19.3 Å². The number of hydrogen-bond donors (Lipinski definition) is 2. The van der Waals surface area contributed by atoms with Crippen LogP contribution in [0.2, 0.25) is 0 Å². The normalized spacial score (nSPS) is 10.5. The monoisotopic (exact) mass is 279 g/mol. The van der Waals surface area contributed by atoms with Crippen LogP contribution in [0.3, 0.4) is 0 Å². The zero-order chi connectivity index (χ0) is 14.5. The molecule has 0 bridgehead atoms. The molecule has 0 aliphatic carbocycles. The molecule has 5 heteroatoms. The lowest BCUT2D eigenvalue weighted by atomic mass is 10.1. The number of para-hydroxylation sites is 1. The van der Waals surface area contributed by atoms with Gasteiger partial charge in [0.05, 0.1) is 17.9 Å². The van der Waals surface area contributed by atoms with Gasteiger partial charge in [-0.25, -0.2) is 4.98 Å². The minimum atomic E-state index is 0.756. The van der Waals surface area contributed by atoms with Gasteiger partial charge < -0.3 is 10.6 Å². The summed E-state index contributed by atoms with van der Waals surface area (Å²) in [5.74, 6) is 1.53. The summed E-state index contributed by atoms with van der Waals surface area (Å²) >= 11 is 0. The number of anilines is 2. The number of nitrogens with zero attached hydrogens (tertiary/aromatic N) is 3. The predicted molar refractivity (Wildman–Crippen MR) is 85.5 cm³/mol. The van der Waals surface area contributed by atoms with E-state index >= 15 is 0 Å². The fourth-order valence-electron chi connectivity index (χ4n) is 2.27. The second-order valence-electron chi connectivity index (χ2n) is 4.71. The standard InChI is InChI=1S/C16H17N5/c1-17-14-10-18-11-15(21-14)19-9-7-13-5-2-4-12-6-3-8-20-16(12)13/h2-6,8,10-11H,7,9H2,1H3,(H2,17,19,21). The SMILES string of the molecule is CNc1cncc(NCCc2cccc3cccnc23)n1. The van der Waals surface area contributed by atoms with Crippen molar-refractivity contribution in [2.75, 3.05) is 24.2 Å². The minimum absolute atomic E-state index is 0.756. The Kier molecular flexibility index (Phi) is 3.91. The van der Waals surface area contributed by atoms with Crippen LogP contribution in [0.25, 0.3) is 10.9 Å². The summed E-state index contributed by atoms with van der Waals surface area (Å²) < 4.78 is 0. The van der Waals surface area contributed by atoms with E-state index in [0.29, 0.717) is 0 Å². The van der Waals surface area contributed by atoms with Crippen molar-refractivity contribution in [3.8, 4) is 0 Å². The van der Waals surface area contributed by atoms with Crippen molar-refractivity contribution in [2.24, 2.45) is 0 Å². The molecule has 0 aliphatic heterocycles. The summed E-state index contributed by atoms with van der Waals surface area (Å²) in [4.78, 5) is 13.0. The Balaban J connectivity index is 1.69. The summed E-state index contributed by atoms with van der Waals surface area (Å²) in [5.41, 5.74) is 2.30. The molecule has 0 spiro atoms. The van der Waals surface area contributed by atoms with Crippen LogP contribution < -0.4 is 10.6 Å². The molecule has 2 aromatic heterocycles. The molecule has 106 valence electrons. The van der Waals surface area contributed by atoms with Gasteiger partial charge in [0.2, 0.25) is 0 Å². The van der Waals surface area contributed by atoms with E-state index in [9.17, 15) is 0 Å². The van der Waals surface area contributed by atoms with Crippen molar-refractivity contribution in [3.05, 3.63) is 54.5 Å². The average molecular weight is 279 g/mol. The summed E-state index contributed by atoms with van der Waals surface area (Å²) in [7, 11) is 1.83. The largest absolute Gasteiger partial charge is 0.372 e. The second kappa shape index (κ2) is 6.17. The van der Waals surface area contributed by atoms with E-state index in [2.05, 4.69) is 49.9 Å². The minimum Gasteiger partial charge on any atom is -0.372 e. The van der Waals surface area contributed by atoms with Gasteiger partial charge in [-0.2, -0.15) is 0 Å². The van der Waals surface area contributed by atoms with E-state index in [4.69, 9.17) is 0 Å². The molecule has 1 aromatic carbocycles. The van der Waals surface area contributed by atoms with Crippen molar-refractivity contribution in [1.82, 2.24) is 15.0 Å². The Hall–Kier alpha value is -2.69. The van der Waals surface area contributed by atoms with Crippen LogP contribution in [0.4, 0.5) is 11.6 Å². The Labute approximate surface area is 123 Å². The topological polar surface area (TPSA) is 62.7 Å². The molecule has 2 N–H and O–H groups in total. The number of fused-ring (bicyclic) bond motifs is 1. The Morgan fingerprint density at radius 1 is 1.05 bits per heavy atom. The predicted octanol–water partition coefficient (Wildman–Crippen LogP) is 2.72. The van der Waals surface area contributed by atoms with Gasteiger partial charge in [-0.15, -0.1) is 0 Å². The summed E-state index contributed by atoms with van der Waals surface area (Å²) in [6.07, 6.45) is 6.14. The molecule has 0 aliphatic rings. The van der Waals surface area contributed by atoms with E-state index in [1.54, 1.807) is 12.4 Å². The van der Waals surface area contributed by atoms with Gasteiger partial charge in [0.15, 0.2) is 0 Å². The maximum absolute atomic E-state index is 4.47. The maximum atomic E-state index is 4.47. The Morgan fingerprint density at radius 3 is 2.81 bits per heavy atom. The van der Waals surface area contributed by atoms with Gasteiger partial charge in [-0.05, 0) is 18.1 Å². The van der Waals surface area contributed by atoms with E-state index in [1.165, 1.54) is 10.9 Å². The average Bonchev–Trinajstić information content (AvgIpc) is 2.55. The molecular formula is C16H17N5. The van der Waals surface area contributed by atoms with Crippen molar-refractivity contribution in [2.45, 2.75) is 6.42 Å². The first-order valence-corrected chi connectivity index (χ1v) is 6.93. The first kappa shape index (κ1) is 13.3.